The number of hydrogen-bond acceptors (Lipinski definition) is 3. The Labute approximate surface area is 302 Å². The van der Waals surface area contributed by atoms with Gasteiger partial charge in [0.05, 0.1) is 22.4 Å². The van der Waals surface area contributed by atoms with Gasteiger partial charge in [-0.15, -0.1) is 0 Å². The van der Waals surface area contributed by atoms with E-state index in [0.717, 1.165) is 51.8 Å². The number of hydrogen-bond donors (Lipinski definition) is 0. The minimum Gasteiger partial charge on any atom is -0.457 e. The van der Waals surface area contributed by atoms with Crippen LogP contribution in [0.2, 0.25) is 0 Å². The van der Waals surface area contributed by atoms with Crippen LogP contribution in [-0.2, 0) is 6.42 Å². The predicted molar refractivity (Wildman–Crippen MR) is 213 cm³/mol. The summed E-state index contributed by atoms with van der Waals surface area (Å²) in [5.41, 5.74) is 11.5. The molecule has 0 saturated heterocycles. The first-order valence-corrected chi connectivity index (χ1v) is 18.6. The average Bonchev–Trinajstić information content (AvgIpc) is 3.60. The minimum atomic E-state index is 0.501. The number of fused-ring (bicyclic) bond motifs is 3. The molecule has 0 amide bonds. The van der Waals surface area contributed by atoms with Crippen molar-refractivity contribution < 1.29 is 4.74 Å². The summed E-state index contributed by atoms with van der Waals surface area (Å²) in [4.78, 5) is 4.84. The second-order valence-corrected chi connectivity index (χ2v) is 14.7. The van der Waals surface area contributed by atoms with Gasteiger partial charge < -0.3 is 4.74 Å². The van der Waals surface area contributed by atoms with Crippen molar-refractivity contribution >= 4 is 21.8 Å². The Balaban J connectivity index is 1.32. The molecule has 260 valence electrons. The topological polar surface area (TPSA) is 44.9 Å². The number of benzene rings is 4. The molecule has 0 radical (unpaired) electrons. The molecule has 0 spiro atoms. The van der Waals surface area contributed by atoms with E-state index in [1.807, 2.05) is 6.20 Å². The molecular formula is C46H50N4O. The molecule has 0 saturated carbocycles. The summed E-state index contributed by atoms with van der Waals surface area (Å²) in [7, 11) is 0. The second kappa shape index (κ2) is 14.6. The zero-order valence-electron chi connectivity index (χ0n) is 31.2. The number of ether oxygens (including phenoxy) is 1. The lowest BCUT2D eigenvalue weighted by atomic mass is 9.94. The Morgan fingerprint density at radius 2 is 1.57 bits per heavy atom. The van der Waals surface area contributed by atoms with Gasteiger partial charge in [-0.1, -0.05) is 83.4 Å². The van der Waals surface area contributed by atoms with E-state index in [-0.39, 0.29) is 0 Å². The van der Waals surface area contributed by atoms with Crippen molar-refractivity contribution in [3.63, 3.8) is 0 Å². The zero-order chi connectivity index (χ0) is 35.6. The third kappa shape index (κ3) is 7.08. The van der Waals surface area contributed by atoms with Gasteiger partial charge in [-0.3, -0.25) is 4.57 Å². The van der Waals surface area contributed by atoms with Crippen LogP contribution >= 0.6 is 0 Å². The fourth-order valence-electron chi connectivity index (χ4n) is 7.61. The van der Waals surface area contributed by atoms with Crippen LogP contribution < -0.4 is 4.74 Å². The third-order valence-electron chi connectivity index (χ3n) is 10.1. The van der Waals surface area contributed by atoms with Gasteiger partial charge in [0.15, 0.2) is 0 Å². The van der Waals surface area contributed by atoms with Crippen LogP contribution in [0.25, 0.3) is 44.4 Å². The summed E-state index contributed by atoms with van der Waals surface area (Å²) in [5.74, 6) is 3.52. The number of aryl methyl sites for hydroxylation is 2. The van der Waals surface area contributed by atoms with Crippen molar-refractivity contribution in [2.75, 3.05) is 0 Å². The van der Waals surface area contributed by atoms with Crippen LogP contribution in [0.15, 0.2) is 103 Å². The fraction of sp³-hybridized carbons (Fsp3) is 0.304. The van der Waals surface area contributed by atoms with E-state index in [0.29, 0.717) is 11.8 Å². The fourth-order valence-corrected chi connectivity index (χ4v) is 7.61. The third-order valence-corrected chi connectivity index (χ3v) is 10.1. The van der Waals surface area contributed by atoms with Gasteiger partial charge in [-0.2, -0.15) is 5.10 Å². The van der Waals surface area contributed by atoms with E-state index in [4.69, 9.17) is 14.8 Å². The quantitative estimate of drug-likeness (QED) is 0.121. The summed E-state index contributed by atoms with van der Waals surface area (Å²) in [5, 5.41) is 7.49. The van der Waals surface area contributed by atoms with E-state index < -0.39 is 0 Å². The predicted octanol–water partition coefficient (Wildman–Crippen LogP) is 12.6. The van der Waals surface area contributed by atoms with Gasteiger partial charge in [0.25, 0.3) is 0 Å². The van der Waals surface area contributed by atoms with Crippen molar-refractivity contribution in [3.05, 3.63) is 131 Å². The highest BCUT2D eigenvalue weighted by Gasteiger charge is 2.19. The number of aromatic nitrogens is 4. The van der Waals surface area contributed by atoms with E-state index in [2.05, 4.69) is 155 Å². The monoisotopic (exact) mass is 674 g/mol. The molecule has 1 atom stereocenters. The smallest absolute Gasteiger partial charge is 0.137 e. The van der Waals surface area contributed by atoms with Crippen LogP contribution in [0.1, 0.15) is 87.4 Å². The maximum Gasteiger partial charge on any atom is 0.137 e. The standard InChI is InChI=1S/C46H50N4O/c1-8-9-11-14-32(5)37-17-20-43-42(27-37)41-19-18-39(29-44(41)49(43)45-24-31(4)21-22-47-45)51-40-26-35(23-30(2)3)25-38(28-40)50-34(7)46(33(6)48-50)36-15-12-10-13-16-36/h10,12-13,15-22,24-30,32H,8-9,11,14,23H2,1-7H3. The zero-order valence-corrected chi connectivity index (χ0v) is 31.2. The molecular weight excluding hydrogens is 625 g/mol. The number of unbranched alkanes of at least 4 members (excludes halogenated alkanes) is 2. The maximum atomic E-state index is 6.79. The number of rotatable bonds is 12. The van der Waals surface area contributed by atoms with E-state index in [9.17, 15) is 0 Å². The van der Waals surface area contributed by atoms with Crippen molar-refractivity contribution in [1.82, 2.24) is 19.3 Å². The number of nitrogens with zero attached hydrogens (tertiary/aromatic N) is 4. The van der Waals surface area contributed by atoms with Crippen LogP contribution in [0, 0.1) is 26.7 Å². The van der Waals surface area contributed by atoms with Gasteiger partial charge in [0, 0.05) is 40.4 Å². The molecule has 4 aromatic carbocycles. The molecule has 0 N–H and O–H groups in total. The summed E-state index contributed by atoms with van der Waals surface area (Å²) in [6.45, 7) is 15.5. The molecule has 3 heterocycles. The molecule has 51 heavy (non-hydrogen) atoms. The highest BCUT2D eigenvalue weighted by Crippen LogP contribution is 2.38. The molecule has 0 fully saturated rings. The summed E-state index contributed by atoms with van der Waals surface area (Å²) in [6.07, 6.45) is 7.84. The highest BCUT2D eigenvalue weighted by molar-refractivity contribution is 6.09. The summed E-state index contributed by atoms with van der Waals surface area (Å²) < 4.78 is 11.1. The Hall–Kier alpha value is -5.16. The Kier molecular flexibility index (Phi) is 9.82. The molecule has 0 aliphatic carbocycles. The highest BCUT2D eigenvalue weighted by atomic mass is 16.5. The van der Waals surface area contributed by atoms with Crippen LogP contribution in [0.4, 0.5) is 0 Å². The molecule has 0 aliphatic heterocycles. The first-order valence-electron chi connectivity index (χ1n) is 18.6. The Morgan fingerprint density at radius 3 is 2.33 bits per heavy atom. The Bertz CT molecular complexity index is 2310. The largest absolute Gasteiger partial charge is 0.457 e. The second-order valence-electron chi connectivity index (χ2n) is 14.7. The molecule has 7 rings (SSSR count). The summed E-state index contributed by atoms with van der Waals surface area (Å²) >= 11 is 0. The van der Waals surface area contributed by atoms with Crippen LogP contribution in [-0.4, -0.2) is 19.3 Å². The van der Waals surface area contributed by atoms with Crippen LogP contribution in [0.5, 0.6) is 11.5 Å². The molecule has 0 aliphatic rings. The first kappa shape index (κ1) is 34.3. The van der Waals surface area contributed by atoms with Crippen molar-refractivity contribution in [1.29, 1.82) is 0 Å². The van der Waals surface area contributed by atoms with E-state index in [1.54, 1.807) is 0 Å². The first-order chi connectivity index (χ1) is 24.7. The molecule has 7 aromatic rings. The molecule has 5 heteroatoms. The Morgan fingerprint density at radius 1 is 0.745 bits per heavy atom. The molecule has 1 unspecified atom stereocenters. The minimum absolute atomic E-state index is 0.501. The summed E-state index contributed by atoms with van der Waals surface area (Å²) in [6, 6.07) is 34.8. The average molecular weight is 675 g/mol. The SMILES string of the molecule is CCCCCC(C)c1ccc2c(c1)c1ccc(Oc3cc(CC(C)C)cc(-n4nc(C)c(-c5ccccc5)c4C)c3)cc1n2-c1cc(C)ccn1. The lowest BCUT2D eigenvalue weighted by molar-refractivity contribution is 0.481. The molecule has 3 aromatic heterocycles. The maximum absolute atomic E-state index is 6.79. The van der Waals surface area contributed by atoms with Crippen LogP contribution in [0.3, 0.4) is 0 Å². The lowest BCUT2D eigenvalue weighted by Gasteiger charge is -2.14. The van der Waals surface area contributed by atoms with E-state index in [1.165, 1.54) is 64.3 Å². The van der Waals surface area contributed by atoms with Gasteiger partial charge >= 0.3 is 0 Å². The normalized spacial score (nSPS) is 12.3. The lowest BCUT2D eigenvalue weighted by Crippen LogP contribution is -2.03. The van der Waals surface area contributed by atoms with Gasteiger partial charge in [0.2, 0.25) is 0 Å². The molecule has 0 bridgehead atoms. The van der Waals surface area contributed by atoms with Gasteiger partial charge in [-0.25, -0.2) is 9.67 Å². The number of pyridine rings is 1. The van der Waals surface area contributed by atoms with Crippen molar-refractivity contribution in [2.45, 2.75) is 86.5 Å². The van der Waals surface area contributed by atoms with E-state index >= 15 is 0 Å². The van der Waals surface area contributed by atoms with Gasteiger partial charge in [0.1, 0.15) is 17.3 Å². The van der Waals surface area contributed by atoms with Gasteiger partial charge in [-0.05, 0) is 116 Å². The van der Waals surface area contributed by atoms with Crippen molar-refractivity contribution in [2.24, 2.45) is 5.92 Å². The molecule has 5 nitrogen and oxygen atoms in total. The van der Waals surface area contributed by atoms with Crippen molar-refractivity contribution in [3.8, 4) is 34.1 Å².